The summed E-state index contributed by atoms with van der Waals surface area (Å²) in [4.78, 5) is 23.1. The number of hydrogen-bond acceptors (Lipinski definition) is 2. The Morgan fingerprint density at radius 1 is 1.19 bits per heavy atom. The average Bonchev–Trinajstić information content (AvgIpc) is 2.46. The SMILES string of the molecule is CCC(C)(CC)NC(=O)NC(CC(=O)O)c1ccccc1. The number of nitrogens with one attached hydrogen (secondary N) is 2. The van der Waals surface area contributed by atoms with Crippen LogP contribution in [0.2, 0.25) is 0 Å². The molecule has 0 saturated heterocycles. The zero-order valence-corrected chi connectivity index (χ0v) is 12.8. The van der Waals surface area contributed by atoms with Crippen LogP contribution in [0.15, 0.2) is 30.3 Å². The molecule has 0 bridgehead atoms. The summed E-state index contributed by atoms with van der Waals surface area (Å²) in [6.45, 7) is 5.99. The van der Waals surface area contributed by atoms with Crippen molar-refractivity contribution in [3.8, 4) is 0 Å². The number of rotatable bonds is 7. The van der Waals surface area contributed by atoms with Crippen LogP contribution >= 0.6 is 0 Å². The molecule has 0 fully saturated rings. The van der Waals surface area contributed by atoms with Crippen molar-refractivity contribution in [2.24, 2.45) is 0 Å². The second kappa shape index (κ2) is 7.67. The summed E-state index contributed by atoms with van der Waals surface area (Å²) < 4.78 is 0. The molecule has 0 aliphatic rings. The summed E-state index contributed by atoms with van der Waals surface area (Å²) >= 11 is 0. The molecule has 1 unspecified atom stereocenters. The van der Waals surface area contributed by atoms with Gasteiger partial charge in [0.15, 0.2) is 0 Å². The van der Waals surface area contributed by atoms with E-state index in [1.807, 2.05) is 51.1 Å². The lowest BCUT2D eigenvalue weighted by molar-refractivity contribution is -0.137. The van der Waals surface area contributed by atoms with E-state index in [0.717, 1.165) is 18.4 Å². The molecular formula is C16H24N2O3. The molecule has 5 heteroatoms. The zero-order valence-electron chi connectivity index (χ0n) is 12.8. The molecule has 0 heterocycles. The van der Waals surface area contributed by atoms with Crippen molar-refractivity contribution in [3.05, 3.63) is 35.9 Å². The zero-order chi connectivity index (χ0) is 15.9. The lowest BCUT2D eigenvalue weighted by Crippen LogP contribution is -2.50. The third-order valence-corrected chi connectivity index (χ3v) is 3.86. The molecule has 116 valence electrons. The number of hydrogen-bond donors (Lipinski definition) is 3. The van der Waals surface area contributed by atoms with Crippen molar-refractivity contribution in [2.45, 2.75) is 51.6 Å². The molecule has 5 nitrogen and oxygen atoms in total. The van der Waals surface area contributed by atoms with Crippen LogP contribution < -0.4 is 10.6 Å². The highest BCUT2D eigenvalue weighted by Crippen LogP contribution is 2.18. The maximum absolute atomic E-state index is 12.1. The number of aliphatic carboxylic acids is 1. The third kappa shape index (κ3) is 5.45. The Kier molecular flexibility index (Phi) is 6.21. The van der Waals surface area contributed by atoms with Gasteiger partial charge in [-0.15, -0.1) is 0 Å². The molecule has 1 aromatic rings. The van der Waals surface area contributed by atoms with Crippen molar-refractivity contribution in [2.75, 3.05) is 0 Å². The molecule has 0 aliphatic carbocycles. The molecule has 1 aromatic carbocycles. The monoisotopic (exact) mass is 292 g/mol. The van der Waals surface area contributed by atoms with Gasteiger partial charge in [0.2, 0.25) is 0 Å². The van der Waals surface area contributed by atoms with E-state index in [2.05, 4.69) is 10.6 Å². The number of carboxylic acid groups (broad SMARTS) is 1. The number of amides is 2. The molecular weight excluding hydrogens is 268 g/mol. The lowest BCUT2D eigenvalue weighted by Gasteiger charge is -2.29. The molecule has 0 radical (unpaired) electrons. The topological polar surface area (TPSA) is 78.4 Å². The molecule has 0 aliphatic heterocycles. The Morgan fingerprint density at radius 3 is 2.24 bits per heavy atom. The maximum Gasteiger partial charge on any atom is 0.315 e. The summed E-state index contributed by atoms with van der Waals surface area (Å²) in [6.07, 6.45) is 1.48. The van der Waals surface area contributed by atoms with Crippen LogP contribution in [0.4, 0.5) is 4.79 Å². The minimum atomic E-state index is -0.946. The number of benzene rings is 1. The first-order valence-electron chi connectivity index (χ1n) is 7.25. The average molecular weight is 292 g/mol. The summed E-state index contributed by atoms with van der Waals surface area (Å²) in [5.74, 6) is -0.946. The maximum atomic E-state index is 12.1. The highest BCUT2D eigenvalue weighted by molar-refractivity contribution is 5.76. The Bertz CT molecular complexity index is 470. The minimum Gasteiger partial charge on any atom is -0.481 e. The van der Waals surface area contributed by atoms with Gasteiger partial charge in [0.1, 0.15) is 0 Å². The van der Waals surface area contributed by atoms with E-state index in [1.54, 1.807) is 0 Å². The Balaban J connectivity index is 2.78. The minimum absolute atomic E-state index is 0.146. The van der Waals surface area contributed by atoms with E-state index >= 15 is 0 Å². The number of carboxylic acids is 1. The smallest absolute Gasteiger partial charge is 0.315 e. The third-order valence-electron chi connectivity index (χ3n) is 3.86. The standard InChI is InChI=1S/C16H24N2O3/c1-4-16(3,5-2)18-15(21)17-13(11-14(19)20)12-9-7-6-8-10-12/h6-10,13H,4-5,11H2,1-3H3,(H,19,20)(H2,17,18,21). The van der Waals surface area contributed by atoms with Gasteiger partial charge in [-0.25, -0.2) is 4.79 Å². The number of carbonyl (C=O) groups is 2. The summed E-state index contributed by atoms with van der Waals surface area (Å²) in [5, 5.41) is 14.7. The van der Waals surface area contributed by atoms with Crippen molar-refractivity contribution < 1.29 is 14.7 Å². The molecule has 2 amide bonds. The number of urea groups is 1. The Labute approximate surface area is 125 Å². The molecule has 0 aromatic heterocycles. The Hall–Kier alpha value is -2.04. The summed E-state index contributed by atoms with van der Waals surface area (Å²) in [7, 11) is 0. The van der Waals surface area contributed by atoms with Gasteiger partial charge < -0.3 is 15.7 Å². The van der Waals surface area contributed by atoms with E-state index < -0.39 is 12.0 Å². The van der Waals surface area contributed by atoms with Crippen molar-refractivity contribution in [3.63, 3.8) is 0 Å². The molecule has 3 N–H and O–H groups in total. The largest absolute Gasteiger partial charge is 0.481 e. The first-order valence-corrected chi connectivity index (χ1v) is 7.25. The van der Waals surface area contributed by atoms with Crippen molar-refractivity contribution >= 4 is 12.0 Å². The first-order chi connectivity index (χ1) is 9.90. The highest BCUT2D eigenvalue weighted by atomic mass is 16.4. The summed E-state index contributed by atoms with van der Waals surface area (Å²) in [5.41, 5.74) is 0.499. The molecule has 21 heavy (non-hydrogen) atoms. The first kappa shape index (κ1) is 17.0. The predicted octanol–water partition coefficient (Wildman–Crippen LogP) is 3.08. The molecule has 1 atom stereocenters. The van der Waals surface area contributed by atoms with Gasteiger partial charge in [-0.2, -0.15) is 0 Å². The van der Waals surface area contributed by atoms with Gasteiger partial charge in [-0.05, 0) is 25.3 Å². The number of carbonyl (C=O) groups excluding carboxylic acids is 1. The van der Waals surface area contributed by atoms with Crippen LogP contribution in [0.5, 0.6) is 0 Å². The van der Waals surface area contributed by atoms with E-state index in [1.165, 1.54) is 0 Å². The fourth-order valence-electron chi connectivity index (χ4n) is 2.01. The molecule has 0 saturated carbocycles. The van der Waals surface area contributed by atoms with Crippen LogP contribution in [0.25, 0.3) is 0 Å². The van der Waals surface area contributed by atoms with Gasteiger partial charge in [0.25, 0.3) is 0 Å². The fourth-order valence-corrected chi connectivity index (χ4v) is 2.01. The predicted molar refractivity (Wildman–Crippen MR) is 82.1 cm³/mol. The lowest BCUT2D eigenvalue weighted by atomic mass is 9.96. The van der Waals surface area contributed by atoms with Crippen LogP contribution in [-0.4, -0.2) is 22.6 Å². The highest BCUT2D eigenvalue weighted by Gasteiger charge is 2.24. The quantitative estimate of drug-likeness (QED) is 0.722. The van der Waals surface area contributed by atoms with Crippen LogP contribution in [0.3, 0.4) is 0 Å². The molecule has 1 rings (SSSR count). The van der Waals surface area contributed by atoms with Gasteiger partial charge >= 0.3 is 12.0 Å². The van der Waals surface area contributed by atoms with Crippen LogP contribution in [0, 0.1) is 0 Å². The van der Waals surface area contributed by atoms with E-state index in [4.69, 9.17) is 5.11 Å². The summed E-state index contributed by atoms with van der Waals surface area (Å²) in [6, 6.07) is 8.25. The second-order valence-corrected chi connectivity index (χ2v) is 5.43. The Morgan fingerprint density at radius 2 is 1.76 bits per heavy atom. The van der Waals surface area contributed by atoms with E-state index in [0.29, 0.717) is 0 Å². The van der Waals surface area contributed by atoms with Gasteiger partial charge in [0.05, 0.1) is 12.5 Å². The molecule has 0 spiro atoms. The van der Waals surface area contributed by atoms with E-state index in [-0.39, 0.29) is 18.0 Å². The van der Waals surface area contributed by atoms with Gasteiger partial charge in [-0.3, -0.25) is 4.79 Å². The van der Waals surface area contributed by atoms with Crippen molar-refractivity contribution in [1.29, 1.82) is 0 Å². The van der Waals surface area contributed by atoms with E-state index in [9.17, 15) is 9.59 Å². The van der Waals surface area contributed by atoms with Gasteiger partial charge in [-0.1, -0.05) is 44.2 Å². The fraction of sp³-hybridized carbons (Fsp3) is 0.500. The second-order valence-electron chi connectivity index (χ2n) is 5.43. The van der Waals surface area contributed by atoms with Crippen molar-refractivity contribution in [1.82, 2.24) is 10.6 Å². The van der Waals surface area contributed by atoms with Gasteiger partial charge in [0, 0.05) is 5.54 Å². The van der Waals surface area contributed by atoms with Crippen LogP contribution in [-0.2, 0) is 4.79 Å². The normalized spacial score (nSPS) is 12.5. The van der Waals surface area contributed by atoms with Crippen LogP contribution in [0.1, 0.15) is 51.6 Å².